The molecule has 14 heavy (non-hydrogen) atoms. The van der Waals surface area contributed by atoms with Crippen LogP contribution in [0.3, 0.4) is 0 Å². The van der Waals surface area contributed by atoms with E-state index >= 15 is 0 Å². The number of aromatic nitrogens is 1. The number of nitro groups is 1. The van der Waals surface area contributed by atoms with Crippen LogP contribution in [0, 0.1) is 10.1 Å². The molecule has 0 saturated carbocycles. The Labute approximate surface area is 80.5 Å². The van der Waals surface area contributed by atoms with Gasteiger partial charge in [0.1, 0.15) is 6.20 Å². The quantitative estimate of drug-likeness (QED) is 0.523. The molecule has 0 spiro atoms. The minimum Gasteiger partial charge on any atom is -0.396 e. The maximum atomic E-state index is 10.3. The van der Waals surface area contributed by atoms with Crippen LogP contribution in [0.5, 0.6) is 0 Å². The molecule has 6 nitrogen and oxygen atoms in total. The van der Waals surface area contributed by atoms with Crippen LogP contribution in [-0.2, 0) is 0 Å². The predicted molar refractivity (Wildman–Crippen MR) is 49.8 cm³/mol. The molecule has 0 aromatic carbocycles. The van der Waals surface area contributed by atoms with Gasteiger partial charge in [-0.25, -0.2) is 0 Å². The van der Waals surface area contributed by atoms with Crippen molar-refractivity contribution in [3.63, 3.8) is 0 Å². The molecule has 0 aliphatic carbocycles. The predicted octanol–water partition coefficient (Wildman–Crippen LogP) is 0.0244. The average Bonchev–Trinajstić information content (AvgIpc) is 2.20. The van der Waals surface area contributed by atoms with Gasteiger partial charge in [0.05, 0.1) is 11.5 Å². The van der Waals surface area contributed by atoms with Gasteiger partial charge in [0.15, 0.2) is 0 Å². The van der Waals surface area contributed by atoms with Gasteiger partial charge in [-0.1, -0.05) is 0 Å². The molecule has 1 rings (SSSR count). The highest BCUT2D eigenvalue weighted by atomic mass is 16.6. The standard InChI is InChI=1S/C8H11N3O3/c9-3-6(5-12)8-2-1-7(4-10-8)11(13)14/h1-2,4,6,12H,3,5,9H2. The van der Waals surface area contributed by atoms with Gasteiger partial charge in [-0.15, -0.1) is 0 Å². The van der Waals surface area contributed by atoms with Crippen LogP contribution >= 0.6 is 0 Å². The van der Waals surface area contributed by atoms with E-state index in [0.717, 1.165) is 6.20 Å². The summed E-state index contributed by atoms with van der Waals surface area (Å²) in [5.41, 5.74) is 5.88. The molecule has 0 aliphatic heterocycles. The highest BCUT2D eigenvalue weighted by Gasteiger charge is 2.12. The van der Waals surface area contributed by atoms with Crippen LogP contribution in [0.1, 0.15) is 11.6 Å². The van der Waals surface area contributed by atoms with Crippen molar-refractivity contribution in [2.75, 3.05) is 13.2 Å². The van der Waals surface area contributed by atoms with Gasteiger partial charge in [0, 0.05) is 24.2 Å². The summed E-state index contributed by atoms with van der Waals surface area (Å²) >= 11 is 0. The van der Waals surface area contributed by atoms with Crippen molar-refractivity contribution < 1.29 is 10.0 Å². The third kappa shape index (κ3) is 2.24. The van der Waals surface area contributed by atoms with Crippen molar-refractivity contribution in [2.24, 2.45) is 5.73 Å². The molecule has 0 fully saturated rings. The Morgan fingerprint density at radius 2 is 2.36 bits per heavy atom. The van der Waals surface area contributed by atoms with Crippen LogP contribution in [0.15, 0.2) is 18.3 Å². The summed E-state index contributed by atoms with van der Waals surface area (Å²) in [6, 6.07) is 2.85. The van der Waals surface area contributed by atoms with Crippen molar-refractivity contribution in [3.8, 4) is 0 Å². The maximum absolute atomic E-state index is 10.3. The molecule has 0 amide bonds. The lowest BCUT2D eigenvalue weighted by atomic mass is 10.1. The van der Waals surface area contributed by atoms with Crippen LogP contribution in [0.25, 0.3) is 0 Å². The van der Waals surface area contributed by atoms with E-state index in [9.17, 15) is 10.1 Å². The number of nitrogens with two attached hydrogens (primary N) is 1. The minimum atomic E-state index is -0.521. The summed E-state index contributed by atoms with van der Waals surface area (Å²) in [5.74, 6) is -0.254. The molecule has 0 saturated heterocycles. The summed E-state index contributed by atoms with van der Waals surface area (Å²) in [6.45, 7) is 0.155. The average molecular weight is 197 g/mol. The number of hydrogen-bond donors (Lipinski definition) is 2. The zero-order valence-electron chi connectivity index (χ0n) is 7.46. The van der Waals surface area contributed by atoms with E-state index in [4.69, 9.17) is 10.8 Å². The number of pyridine rings is 1. The molecule has 0 aliphatic rings. The van der Waals surface area contributed by atoms with Crippen LogP contribution in [0.2, 0.25) is 0 Å². The summed E-state index contributed by atoms with van der Waals surface area (Å²) < 4.78 is 0. The SMILES string of the molecule is NCC(CO)c1ccc([N+](=O)[O-])cn1. The largest absolute Gasteiger partial charge is 0.396 e. The maximum Gasteiger partial charge on any atom is 0.287 e. The van der Waals surface area contributed by atoms with E-state index in [2.05, 4.69) is 4.98 Å². The first-order valence-electron chi connectivity index (χ1n) is 4.10. The van der Waals surface area contributed by atoms with Crippen molar-refractivity contribution in [2.45, 2.75) is 5.92 Å². The summed E-state index contributed by atoms with van der Waals surface area (Å²) in [7, 11) is 0. The smallest absolute Gasteiger partial charge is 0.287 e. The monoisotopic (exact) mass is 197 g/mol. The van der Waals surface area contributed by atoms with Crippen molar-refractivity contribution in [1.29, 1.82) is 0 Å². The van der Waals surface area contributed by atoms with Crippen LogP contribution in [-0.4, -0.2) is 28.2 Å². The molecule has 0 bridgehead atoms. The van der Waals surface area contributed by atoms with Crippen molar-refractivity contribution in [1.82, 2.24) is 4.98 Å². The number of rotatable bonds is 4. The number of aliphatic hydroxyl groups is 1. The highest BCUT2D eigenvalue weighted by Crippen LogP contribution is 2.14. The summed E-state index contributed by atoms with van der Waals surface area (Å²) in [6.07, 6.45) is 1.16. The van der Waals surface area contributed by atoms with Gasteiger partial charge in [-0.3, -0.25) is 15.1 Å². The fraction of sp³-hybridized carbons (Fsp3) is 0.375. The zero-order valence-corrected chi connectivity index (χ0v) is 7.46. The fourth-order valence-electron chi connectivity index (χ4n) is 1.04. The van der Waals surface area contributed by atoms with Gasteiger partial charge in [-0.05, 0) is 6.07 Å². The summed E-state index contributed by atoms with van der Waals surface area (Å²) in [5, 5.41) is 19.2. The Bertz CT molecular complexity index is 308. The molecule has 3 N–H and O–H groups in total. The molecule has 1 heterocycles. The van der Waals surface area contributed by atoms with Crippen LogP contribution in [0.4, 0.5) is 5.69 Å². The number of nitrogens with zero attached hydrogens (tertiary/aromatic N) is 2. The van der Waals surface area contributed by atoms with Gasteiger partial charge >= 0.3 is 0 Å². The first kappa shape index (κ1) is 10.6. The first-order valence-corrected chi connectivity index (χ1v) is 4.10. The number of aliphatic hydroxyl groups excluding tert-OH is 1. The lowest BCUT2D eigenvalue weighted by Crippen LogP contribution is -2.17. The zero-order chi connectivity index (χ0) is 10.6. The van der Waals surface area contributed by atoms with Gasteiger partial charge < -0.3 is 10.8 Å². The normalized spacial score (nSPS) is 12.4. The Balaban J connectivity index is 2.87. The molecular formula is C8H11N3O3. The van der Waals surface area contributed by atoms with E-state index in [1.54, 1.807) is 0 Å². The second-order valence-corrected chi connectivity index (χ2v) is 2.81. The molecule has 1 atom stereocenters. The molecule has 0 radical (unpaired) electrons. The topological polar surface area (TPSA) is 102 Å². The van der Waals surface area contributed by atoms with Gasteiger partial charge in [0.2, 0.25) is 0 Å². The fourth-order valence-corrected chi connectivity index (χ4v) is 1.04. The second kappa shape index (κ2) is 4.64. The first-order chi connectivity index (χ1) is 6.69. The van der Waals surface area contributed by atoms with E-state index < -0.39 is 4.92 Å². The highest BCUT2D eigenvalue weighted by molar-refractivity contribution is 5.28. The molecule has 1 aromatic rings. The van der Waals surface area contributed by atoms with E-state index in [-0.39, 0.29) is 24.8 Å². The lowest BCUT2D eigenvalue weighted by molar-refractivity contribution is -0.385. The third-order valence-corrected chi connectivity index (χ3v) is 1.90. The van der Waals surface area contributed by atoms with E-state index in [1.165, 1.54) is 12.1 Å². The Hall–Kier alpha value is -1.53. The molecular weight excluding hydrogens is 186 g/mol. The minimum absolute atomic E-state index is 0.0672. The molecule has 1 unspecified atom stereocenters. The molecule has 76 valence electrons. The van der Waals surface area contributed by atoms with Crippen LogP contribution < -0.4 is 5.73 Å². The van der Waals surface area contributed by atoms with Crippen molar-refractivity contribution >= 4 is 5.69 Å². The number of hydrogen-bond acceptors (Lipinski definition) is 5. The van der Waals surface area contributed by atoms with E-state index in [1.807, 2.05) is 0 Å². The molecule has 1 aromatic heterocycles. The molecule has 6 heteroatoms. The Morgan fingerprint density at radius 3 is 2.71 bits per heavy atom. The summed E-state index contributed by atoms with van der Waals surface area (Å²) in [4.78, 5) is 13.7. The second-order valence-electron chi connectivity index (χ2n) is 2.81. The van der Waals surface area contributed by atoms with Crippen molar-refractivity contribution in [3.05, 3.63) is 34.1 Å². The lowest BCUT2D eigenvalue weighted by Gasteiger charge is -2.09. The Morgan fingerprint density at radius 1 is 1.64 bits per heavy atom. The Kier molecular flexibility index (Phi) is 3.49. The van der Waals surface area contributed by atoms with E-state index in [0.29, 0.717) is 5.69 Å². The third-order valence-electron chi connectivity index (χ3n) is 1.90. The van der Waals surface area contributed by atoms with Gasteiger partial charge in [0.25, 0.3) is 5.69 Å². The van der Waals surface area contributed by atoms with Gasteiger partial charge in [-0.2, -0.15) is 0 Å².